The fraction of sp³-hybridized carbons (Fsp3) is 0.700. The molecule has 0 aromatic rings. The molecule has 2 aliphatic carbocycles. The molecule has 3 unspecified atom stereocenters. The lowest BCUT2D eigenvalue weighted by molar-refractivity contribution is 0.340. The zero-order valence-corrected chi connectivity index (χ0v) is 7.22. The second-order valence-electron chi connectivity index (χ2n) is 4.59. The molecule has 1 heterocycles. The zero-order valence-electron chi connectivity index (χ0n) is 7.22. The lowest BCUT2D eigenvalue weighted by Gasteiger charge is -1.99. The van der Waals surface area contributed by atoms with Crippen LogP contribution in [0, 0.1) is 17.8 Å². The van der Waals surface area contributed by atoms with Crippen molar-refractivity contribution in [1.82, 2.24) is 0 Å². The molecule has 3 aliphatic rings. The topological polar surface area (TPSA) is 12.5 Å². The quantitative estimate of drug-likeness (QED) is 0.479. The second kappa shape index (κ2) is 1.31. The maximum atomic E-state index is 5.77. The molecule has 3 rings (SSSR count). The highest BCUT2D eigenvalue weighted by Crippen LogP contribution is 2.78. The average Bonchev–Trinajstić information content (AvgIpc) is 2.72. The van der Waals surface area contributed by atoms with E-state index in [1.54, 1.807) is 0 Å². The Bertz CT molecular complexity index is 264. The van der Waals surface area contributed by atoms with Gasteiger partial charge in [0.2, 0.25) is 0 Å². The SMILES string of the molecule is CC1=C[CH]C2C(C)(C)C23OC13. The fourth-order valence-corrected chi connectivity index (χ4v) is 2.83. The van der Waals surface area contributed by atoms with Crippen molar-refractivity contribution in [3.05, 3.63) is 18.1 Å². The molecule has 0 bridgehead atoms. The third-order valence-corrected chi connectivity index (χ3v) is 3.77. The average molecular weight is 149 g/mol. The van der Waals surface area contributed by atoms with E-state index in [0.717, 1.165) is 0 Å². The van der Waals surface area contributed by atoms with E-state index < -0.39 is 0 Å². The summed E-state index contributed by atoms with van der Waals surface area (Å²) in [7, 11) is 0. The van der Waals surface area contributed by atoms with Crippen molar-refractivity contribution < 1.29 is 4.74 Å². The van der Waals surface area contributed by atoms with Crippen molar-refractivity contribution in [3.8, 4) is 0 Å². The Morgan fingerprint density at radius 2 is 2.18 bits per heavy atom. The number of hydrogen-bond acceptors (Lipinski definition) is 1. The maximum Gasteiger partial charge on any atom is 0.109 e. The Labute approximate surface area is 67.4 Å². The third-order valence-electron chi connectivity index (χ3n) is 3.77. The van der Waals surface area contributed by atoms with Gasteiger partial charge in [-0.25, -0.2) is 0 Å². The van der Waals surface area contributed by atoms with Crippen LogP contribution in [0.5, 0.6) is 0 Å². The van der Waals surface area contributed by atoms with Crippen LogP contribution in [0.1, 0.15) is 20.8 Å². The Morgan fingerprint density at radius 1 is 1.45 bits per heavy atom. The predicted octanol–water partition coefficient (Wildman–Crippen LogP) is 1.94. The summed E-state index contributed by atoms with van der Waals surface area (Å²) in [5.41, 5.74) is 2.07. The van der Waals surface area contributed by atoms with Crippen molar-refractivity contribution in [3.63, 3.8) is 0 Å². The van der Waals surface area contributed by atoms with Gasteiger partial charge in [0.05, 0.1) is 0 Å². The zero-order chi connectivity index (χ0) is 7.85. The molecule has 1 spiro atoms. The first-order valence-corrected chi connectivity index (χ1v) is 4.30. The summed E-state index contributed by atoms with van der Waals surface area (Å²) in [6.45, 7) is 6.78. The van der Waals surface area contributed by atoms with Gasteiger partial charge in [0.15, 0.2) is 0 Å². The van der Waals surface area contributed by atoms with E-state index in [0.29, 0.717) is 17.4 Å². The van der Waals surface area contributed by atoms with E-state index in [4.69, 9.17) is 4.74 Å². The monoisotopic (exact) mass is 149 g/mol. The molecule has 0 amide bonds. The largest absolute Gasteiger partial charge is 0.360 e. The minimum Gasteiger partial charge on any atom is -0.360 e. The van der Waals surface area contributed by atoms with Gasteiger partial charge in [-0.2, -0.15) is 0 Å². The van der Waals surface area contributed by atoms with Gasteiger partial charge in [0.25, 0.3) is 0 Å². The van der Waals surface area contributed by atoms with Crippen LogP contribution in [0.25, 0.3) is 0 Å². The maximum absolute atomic E-state index is 5.77. The summed E-state index contributed by atoms with van der Waals surface area (Å²) in [5, 5.41) is 0. The van der Waals surface area contributed by atoms with Crippen molar-refractivity contribution in [2.24, 2.45) is 11.3 Å². The van der Waals surface area contributed by atoms with Crippen LogP contribution in [-0.2, 0) is 4.74 Å². The van der Waals surface area contributed by atoms with Gasteiger partial charge in [-0.1, -0.05) is 19.9 Å². The molecule has 59 valence electrons. The minimum atomic E-state index is 0.256. The van der Waals surface area contributed by atoms with Crippen molar-refractivity contribution in [2.75, 3.05) is 0 Å². The lowest BCUT2D eigenvalue weighted by Crippen LogP contribution is -2.05. The van der Waals surface area contributed by atoms with Gasteiger partial charge in [-0.15, -0.1) is 0 Å². The van der Waals surface area contributed by atoms with Gasteiger partial charge >= 0.3 is 0 Å². The Balaban J connectivity index is 2.03. The van der Waals surface area contributed by atoms with E-state index in [-0.39, 0.29) is 5.60 Å². The predicted molar refractivity (Wildman–Crippen MR) is 42.9 cm³/mol. The Morgan fingerprint density at radius 3 is 2.82 bits per heavy atom. The molecule has 1 nitrogen and oxygen atoms in total. The van der Waals surface area contributed by atoms with Gasteiger partial charge in [-0.3, -0.25) is 0 Å². The molecule has 1 saturated heterocycles. The van der Waals surface area contributed by atoms with Crippen molar-refractivity contribution in [1.29, 1.82) is 0 Å². The van der Waals surface area contributed by atoms with Gasteiger partial charge < -0.3 is 4.74 Å². The van der Waals surface area contributed by atoms with E-state index in [1.165, 1.54) is 5.57 Å². The first kappa shape index (κ1) is 6.24. The van der Waals surface area contributed by atoms with Crippen molar-refractivity contribution >= 4 is 0 Å². The standard InChI is InChI=1S/C10H13O/c1-6-4-5-7-9(2,3)10(7)8(6)11-10/h4-5,7-8H,1-3H3. The van der Waals surface area contributed by atoms with E-state index in [9.17, 15) is 0 Å². The van der Waals surface area contributed by atoms with Crippen LogP contribution in [0.4, 0.5) is 0 Å². The molecule has 1 saturated carbocycles. The molecule has 0 aromatic heterocycles. The van der Waals surface area contributed by atoms with Gasteiger partial charge in [-0.05, 0) is 18.9 Å². The number of hydrogen-bond donors (Lipinski definition) is 0. The summed E-state index contributed by atoms with van der Waals surface area (Å²) >= 11 is 0. The number of ether oxygens (including phenoxy) is 1. The summed E-state index contributed by atoms with van der Waals surface area (Å²) in [6, 6.07) is 0. The highest BCUT2D eigenvalue weighted by Gasteiger charge is 2.86. The molecule has 2 fully saturated rings. The highest BCUT2D eigenvalue weighted by molar-refractivity contribution is 5.47. The van der Waals surface area contributed by atoms with Gasteiger partial charge in [0.1, 0.15) is 11.7 Å². The minimum absolute atomic E-state index is 0.256. The molecular weight excluding hydrogens is 136 g/mol. The van der Waals surface area contributed by atoms with Crippen LogP contribution < -0.4 is 0 Å². The highest BCUT2D eigenvalue weighted by atomic mass is 16.6. The smallest absolute Gasteiger partial charge is 0.109 e. The van der Waals surface area contributed by atoms with Gasteiger partial charge in [0, 0.05) is 11.3 Å². The molecule has 1 aliphatic heterocycles. The molecule has 0 N–H and O–H groups in total. The first-order valence-electron chi connectivity index (χ1n) is 4.30. The lowest BCUT2D eigenvalue weighted by atomic mass is 10.0. The molecular formula is C10H13O. The Hall–Kier alpha value is -0.300. The summed E-state index contributed by atoms with van der Waals surface area (Å²) < 4.78 is 5.77. The molecule has 1 radical (unpaired) electrons. The normalized spacial score (nSPS) is 55.7. The first-order chi connectivity index (χ1) is 5.11. The fourth-order valence-electron chi connectivity index (χ4n) is 2.83. The number of epoxide rings is 1. The number of rotatable bonds is 0. The summed E-state index contributed by atoms with van der Waals surface area (Å²) in [4.78, 5) is 0. The molecule has 0 aromatic carbocycles. The Kier molecular flexibility index (Phi) is 0.742. The summed E-state index contributed by atoms with van der Waals surface area (Å²) in [5.74, 6) is 0.698. The number of allylic oxidation sites excluding steroid dienone is 1. The van der Waals surface area contributed by atoms with Crippen molar-refractivity contribution in [2.45, 2.75) is 32.5 Å². The third kappa shape index (κ3) is 0.427. The van der Waals surface area contributed by atoms with E-state index in [1.807, 2.05) is 0 Å². The molecule has 3 atom stereocenters. The summed E-state index contributed by atoms with van der Waals surface area (Å²) in [6.07, 6.45) is 5.02. The molecule has 11 heavy (non-hydrogen) atoms. The van der Waals surface area contributed by atoms with E-state index >= 15 is 0 Å². The van der Waals surface area contributed by atoms with Crippen LogP contribution in [-0.4, -0.2) is 11.7 Å². The van der Waals surface area contributed by atoms with Crippen LogP contribution in [0.2, 0.25) is 0 Å². The second-order valence-corrected chi connectivity index (χ2v) is 4.59. The van der Waals surface area contributed by atoms with E-state index in [2.05, 4.69) is 33.3 Å². The van der Waals surface area contributed by atoms with Crippen LogP contribution in [0.3, 0.4) is 0 Å². The van der Waals surface area contributed by atoms with Crippen LogP contribution in [0.15, 0.2) is 11.6 Å². The molecule has 1 heteroatoms. The van der Waals surface area contributed by atoms with Crippen LogP contribution >= 0.6 is 0 Å².